The molecule has 3 nitrogen and oxygen atoms in total. The van der Waals surface area contributed by atoms with Crippen molar-refractivity contribution in [3.8, 4) is 0 Å². The Labute approximate surface area is 117 Å². The molecular weight excluding hydrogens is 269 g/mol. The van der Waals surface area contributed by atoms with Crippen LogP contribution >= 0.6 is 0 Å². The van der Waals surface area contributed by atoms with Gasteiger partial charge in [0.05, 0.1) is 11.7 Å². The minimum Gasteiger partial charge on any atom is -0.386 e. The lowest BCUT2D eigenvalue weighted by Crippen LogP contribution is -2.48. The van der Waals surface area contributed by atoms with Crippen molar-refractivity contribution in [2.45, 2.75) is 45.5 Å². The van der Waals surface area contributed by atoms with E-state index in [1.165, 1.54) is 0 Å². The van der Waals surface area contributed by atoms with Crippen molar-refractivity contribution in [1.82, 2.24) is 9.88 Å². The number of aromatic nitrogens is 1. The second-order valence-corrected chi connectivity index (χ2v) is 5.19. The van der Waals surface area contributed by atoms with Crippen molar-refractivity contribution in [2.24, 2.45) is 0 Å². The van der Waals surface area contributed by atoms with Gasteiger partial charge in [0.15, 0.2) is 0 Å². The molecule has 1 heterocycles. The first-order valence-electron chi connectivity index (χ1n) is 6.60. The van der Waals surface area contributed by atoms with Crippen molar-refractivity contribution in [3.63, 3.8) is 0 Å². The van der Waals surface area contributed by atoms with Crippen LogP contribution in [0.25, 0.3) is 0 Å². The molecule has 0 fully saturated rings. The lowest BCUT2D eigenvalue weighted by atomic mass is 9.88. The highest BCUT2D eigenvalue weighted by atomic mass is 19.4. The van der Waals surface area contributed by atoms with Crippen LogP contribution in [0.15, 0.2) is 18.5 Å². The van der Waals surface area contributed by atoms with Crippen molar-refractivity contribution in [1.29, 1.82) is 0 Å². The molecule has 20 heavy (non-hydrogen) atoms. The third kappa shape index (κ3) is 3.30. The predicted molar refractivity (Wildman–Crippen MR) is 71.2 cm³/mol. The van der Waals surface area contributed by atoms with Gasteiger partial charge in [0, 0.05) is 23.5 Å². The van der Waals surface area contributed by atoms with Gasteiger partial charge >= 0.3 is 6.18 Å². The smallest absolute Gasteiger partial charge is 0.386 e. The topological polar surface area (TPSA) is 36.4 Å². The molecule has 1 aromatic rings. The first-order chi connectivity index (χ1) is 9.16. The Bertz CT molecular complexity index is 442. The maximum absolute atomic E-state index is 13.0. The van der Waals surface area contributed by atoms with Gasteiger partial charge in [-0.1, -0.05) is 13.8 Å². The summed E-state index contributed by atoms with van der Waals surface area (Å²) in [4.78, 5) is 5.65. The van der Waals surface area contributed by atoms with E-state index in [9.17, 15) is 18.3 Å². The van der Waals surface area contributed by atoms with E-state index in [-0.39, 0.29) is 5.56 Å². The first kappa shape index (κ1) is 16.9. The zero-order chi connectivity index (χ0) is 15.6. The number of nitrogens with zero attached hydrogens (tertiary/aromatic N) is 2. The van der Waals surface area contributed by atoms with Crippen molar-refractivity contribution in [2.75, 3.05) is 13.1 Å². The summed E-state index contributed by atoms with van der Waals surface area (Å²) in [6, 6.07) is 0.900. The molecule has 1 N–H and O–H groups in total. The van der Waals surface area contributed by atoms with Gasteiger partial charge in [-0.3, -0.25) is 9.88 Å². The van der Waals surface area contributed by atoms with E-state index >= 15 is 0 Å². The molecule has 0 aliphatic carbocycles. The van der Waals surface area contributed by atoms with Gasteiger partial charge < -0.3 is 5.11 Å². The molecule has 0 aromatic carbocycles. The van der Waals surface area contributed by atoms with Crippen LogP contribution in [-0.2, 0) is 6.18 Å². The van der Waals surface area contributed by atoms with Crippen LogP contribution in [0.4, 0.5) is 13.2 Å². The van der Waals surface area contributed by atoms with Gasteiger partial charge in [-0.2, -0.15) is 13.2 Å². The summed E-state index contributed by atoms with van der Waals surface area (Å²) in [6.07, 6.45) is -3.59. The van der Waals surface area contributed by atoms with Crippen molar-refractivity contribution < 1.29 is 18.3 Å². The van der Waals surface area contributed by atoms with Crippen LogP contribution in [0.3, 0.4) is 0 Å². The van der Waals surface area contributed by atoms with Crippen LogP contribution in [0.2, 0.25) is 0 Å². The highest BCUT2D eigenvalue weighted by Crippen LogP contribution is 2.38. The molecule has 1 atom stereocenters. The number of likely N-dealkylation sites (N-methyl/N-ethyl adjacent to an activating group) is 1. The Morgan fingerprint density at radius 3 is 2.25 bits per heavy atom. The van der Waals surface area contributed by atoms with Gasteiger partial charge in [-0.25, -0.2) is 0 Å². The molecule has 6 heteroatoms. The molecule has 0 aliphatic heterocycles. The number of rotatable bonds is 5. The third-order valence-corrected chi connectivity index (χ3v) is 3.70. The number of hydrogen-bond donors (Lipinski definition) is 1. The minimum atomic E-state index is -4.50. The zero-order valence-electron chi connectivity index (χ0n) is 12.2. The lowest BCUT2D eigenvalue weighted by molar-refractivity contribution is -0.140. The van der Waals surface area contributed by atoms with Crippen LogP contribution in [-0.4, -0.2) is 33.6 Å². The minimum absolute atomic E-state index is 0.183. The molecule has 0 aliphatic rings. The van der Waals surface area contributed by atoms with E-state index in [1.807, 2.05) is 18.7 Å². The van der Waals surface area contributed by atoms with Gasteiger partial charge in [0.1, 0.15) is 0 Å². The Hall–Kier alpha value is -1.14. The molecule has 114 valence electrons. The summed E-state index contributed by atoms with van der Waals surface area (Å²) >= 11 is 0. The molecule has 0 bridgehead atoms. The van der Waals surface area contributed by atoms with E-state index in [1.54, 1.807) is 13.8 Å². The fourth-order valence-electron chi connectivity index (χ4n) is 2.47. The quantitative estimate of drug-likeness (QED) is 0.904. The van der Waals surface area contributed by atoms with Gasteiger partial charge in [-0.05, 0) is 33.0 Å². The molecule has 1 rings (SSSR count). The summed E-state index contributed by atoms with van der Waals surface area (Å²) in [5, 5.41) is 10.4. The number of pyridine rings is 1. The normalized spacial score (nSPS) is 14.7. The SMILES string of the molecule is CCN(CC)C(C)(C)C(O)c1cnccc1C(F)(F)F. The van der Waals surface area contributed by atoms with Gasteiger partial charge in [0.2, 0.25) is 0 Å². The summed E-state index contributed by atoms with van der Waals surface area (Å²) in [7, 11) is 0. The fourth-order valence-corrected chi connectivity index (χ4v) is 2.47. The van der Waals surface area contributed by atoms with E-state index in [0.717, 1.165) is 18.5 Å². The number of aliphatic hydroxyl groups is 1. The van der Waals surface area contributed by atoms with Crippen LogP contribution in [0.5, 0.6) is 0 Å². The molecule has 0 saturated carbocycles. The Morgan fingerprint density at radius 1 is 1.25 bits per heavy atom. The predicted octanol–water partition coefficient (Wildman–Crippen LogP) is 3.25. The number of alkyl halides is 3. The molecule has 1 unspecified atom stereocenters. The summed E-state index contributed by atoms with van der Waals surface area (Å²) in [6.45, 7) is 8.57. The second-order valence-electron chi connectivity index (χ2n) is 5.19. The van der Waals surface area contributed by atoms with Gasteiger partial charge in [0.25, 0.3) is 0 Å². The van der Waals surface area contributed by atoms with Crippen LogP contribution in [0.1, 0.15) is 44.9 Å². The first-order valence-corrected chi connectivity index (χ1v) is 6.60. The number of aliphatic hydroxyl groups excluding tert-OH is 1. The molecule has 0 spiro atoms. The Morgan fingerprint density at radius 2 is 1.80 bits per heavy atom. The molecular formula is C14H21F3N2O. The standard InChI is InChI=1S/C14H21F3N2O/c1-5-19(6-2)13(3,4)12(20)10-9-18-8-7-11(10)14(15,16)17/h7-9,12,20H,5-6H2,1-4H3. The number of hydrogen-bond acceptors (Lipinski definition) is 3. The Balaban J connectivity index is 3.25. The summed E-state index contributed by atoms with van der Waals surface area (Å²) < 4.78 is 39.0. The molecule has 0 radical (unpaired) electrons. The third-order valence-electron chi connectivity index (χ3n) is 3.70. The highest BCUT2D eigenvalue weighted by Gasteiger charge is 2.40. The van der Waals surface area contributed by atoms with Crippen molar-refractivity contribution in [3.05, 3.63) is 29.6 Å². The van der Waals surface area contributed by atoms with E-state index in [2.05, 4.69) is 4.98 Å². The van der Waals surface area contributed by atoms with Crippen molar-refractivity contribution >= 4 is 0 Å². The molecule has 1 aromatic heterocycles. The molecule has 0 amide bonds. The van der Waals surface area contributed by atoms with E-state index in [0.29, 0.717) is 13.1 Å². The Kier molecular flexibility index (Phi) is 5.15. The average Bonchev–Trinajstić information content (AvgIpc) is 2.38. The van der Waals surface area contributed by atoms with Gasteiger partial charge in [-0.15, -0.1) is 0 Å². The second kappa shape index (κ2) is 6.10. The van der Waals surface area contributed by atoms with E-state index < -0.39 is 23.4 Å². The van der Waals surface area contributed by atoms with E-state index in [4.69, 9.17) is 0 Å². The summed E-state index contributed by atoms with van der Waals surface area (Å²) in [5.41, 5.74) is -1.83. The van der Waals surface area contributed by atoms with Crippen LogP contribution < -0.4 is 0 Å². The molecule has 0 saturated heterocycles. The lowest BCUT2D eigenvalue weighted by Gasteiger charge is -2.41. The maximum atomic E-state index is 13.0. The van der Waals surface area contributed by atoms with Crippen LogP contribution in [0, 0.1) is 0 Å². The largest absolute Gasteiger partial charge is 0.416 e. The maximum Gasteiger partial charge on any atom is 0.416 e. The number of halogens is 3. The zero-order valence-corrected chi connectivity index (χ0v) is 12.2. The summed E-state index contributed by atoms with van der Waals surface area (Å²) in [5.74, 6) is 0. The highest BCUT2D eigenvalue weighted by molar-refractivity contribution is 5.30. The monoisotopic (exact) mass is 290 g/mol. The fraction of sp³-hybridized carbons (Fsp3) is 0.643. The average molecular weight is 290 g/mol.